The third-order valence-corrected chi connectivity index (χ3v) is 2.87. The van der Waals surface area contributed by atoms with Gasteiger partial charge in [0.2, 0.25) is 0 Å². The van der Waals surface area contributed by atoms with E-state index in [1.807, 2.05) is 6.07 Å². The van der Waals surface area contributed by atoms with Crippen molar-refractivity contribution in [1.82, 2.24) is 4.90 Å². The number of nitriles is 1. The Bertz CT molecular complexity index is 373. The molecule has 1 aromatic rings. The van der Waals surface area contributed by atoms with E-state index in [1.165, 1.54) is 5.56 Å². The van der Waals surface area contributed by atoms with Crippen LogP contribution in [0.15, 0.2) is 24.3 Å². The van der Waals surface area contributed by atoms with E-state index in [0.717, 1.165) is 31.5 Å². The fourth-order valence-corrected chi connectivity index (χ4v) is 2.15. The van der Waals surface area contributed by atoms with Crippen LogP contribution in [0.2, 0.25) is 0 Å². The van der Waals surface area contributed by atoms with Gasteiger partial charge in [-0.2, -0.15) is 5.26 Å². The van der Waals surface area contributed by atoms with Gasteiger partial charge in [0.25, 0.3) is 0 Å². The zero-order chi connectivity index (χ0) is 12.7. The van der Waals surface area contributed by atoms with E-state index in [4.69, 9.17) is 0 Å². The monoisotopic (exact) mass is 230 g/mol. The van der Waals surface area contributed by atoms with Gasteiger partial charge in [0.05, 0.1) is 6.07 Å². The van der Waals surface area contributed by atoms with Crippen LogP contribution in [0.1, 0.15) is 43.9 Å². The Labute approximate surface area is 105 Å². The van der Waals surface area contributed by atoms with Crippen molar-refractivity contribution in [3.63, 3.8) is 0 Å². The van der Waals surface area contributed by atoms with Crippen molar-refractivity contribution in [2.75, 3.05) is 13.1 Å². The zero-order valence-electron chi connectivity index (χ0n) is 11.1. The van der Waals surface area contributed by atoms with Crippen LogP contribution in [0.5, 0.6) is 0 Å². The molecular weight excluding hydrogens is 208 g/mol. The SMILES string of the molecule is CCCN(CCC)C(C#N)c1cccc(C)c1. The molecule has 2 heteroatoms. The Kier molecular flexibility index (Phi) is 5.72. The summed E-state index contributed by atoms with van der Waals surface area (Å²) >= 11 is 0. The van der Waals surface area contributed by atoms with Crippen molar-refractivity contribution in [3.05, 3.63) is 35.4 Å². The predicted molar refractivity (Wildman–Crippen MR) is 71.7 cm³/mol. The first-order valence-electron chi connectivity index (χ1n) is 6.43. The van der Waals surface area contributed by atoms with Crippen molar-refractivity contribution < 1.29 is 0 Å². The molecule has 17 heavy (non-hydrogen) atoms. The van der Waals surface area contributed by atoms with Crippen LogP contribution in [0.4, 0.5) is 0 Å². The number of rotatable bonds is 6. The van der Waals surface area contributed by atoms with E-state index >= 15 is 0 Å². The largest absolute Gasteiger partial charge is 0.284 e. The highest BCUT2D eigenvalue weighted by atomic mass is 15.1. The minimum absolute atomic E-state index is 0.102. The van der Waals surface area contributed by atoms with Crippen LogP contribution < -0.4 is 0 Å². The maximum absolute atomic E-state index is 9.40. The molecule has 0 fully saturated rings. The Hall–Kier alpha value is -1.33. The van der Waals surface area contributed by atoms with Gasteiger partial charge in [-0.1, -0.05) is 43.7 Å². The summed E-state index contributed by atoms with van der Waals surface area (Å²) in [5.74, 6) is 0. The molecule has 0 bridgehead atoms. The standard InChI is InChI=1S/C15H22N2/c1-4-9-17(10-5-2)15(12-16)14-8-6-7-13(3)11-14/h6-8,11,15H,4-5,9-10H2,1-3H3. The van der Waals surface area contributed by atoms with Gasteiger partial charge in [-0.3, -0.25) is 4.90 Å². The van der Waals surface area contributed by atoms with Crippen molar-refractivity contribution in [2.24, 2.45) is 0 Å². The Morgan fingerprint density at radius 1 is 1.24 bits per heavy atom. The summed E-state index contributed by atoms with van der Waals surface area (Å²) in [6.45, 7) is 8.36. The molecule has 0 aliphatic heterocycles. The van der Waals surface area contributed by atoms with Crippen molar-refractivity contribution in [2.45, 2.75) is 39.7 Å². The molecule has 0 aliphatic rings. The van der Waals surface area contributed by atoms with Gasteiger partial charge in [-0.25, -0.2) is 0 Å². The summed E-state index contributed by atoms with van der Waals surface area (Å²) in [6.07, 6.45) is 2.17. The van der Waals surface area contributed by atoms with Crippen LogP contribution in [0.3, 0.4) is 0 Å². The summed E-state index contributed by atoms with van der Waals surface area (Å²) in [7, 11) is 0. The lowest BCUT2D eigenvalue weighted by molar-refractivity contribution is 0.236. The second-order valence-corrected chi connectivity index (χ2v) is 4.48. The van der Waals surface area contributed by atoms with Gasteiger partial charge in [0, 0.05) is 0 Å². The summed E-state index contributed by atoms with van der Waals surface area (Å²) in [6, 6.07) is 10.6. The van der Waals surface area contributed by atoms with E-state index in [9.17, 15) is 5.26 Å². The van der Waals surface area contributed by atoms with E-state index in [1.54, 1.807) is 0 Å². The third-order valence-electron chi connectivity index (χ3n) is 2.87. The Balaban J connectivity index is 2.92. The molecule has 0 N–H and O–H groups in total. The quantitative estimate of drug-likeness (QED) is 0.745. The number of hydrogen-bond acceptors (Lipinski definition) is 2. The first-order chi connectivity index (χ1) is 8.22. The smallest absolute Gasteiger partial charge is 0.123 e. The minimum Gasteiger partial charge on any atom is -0.284 e. The first kappa shape index (κ1) is 13.7. The summed E-state index contributed by atoms with van der Waals surface area (Å²) in [4.78, 5) is 2.27. The van der Waals surface area contributed by atoms with Gasteiger partial charge >= 0.3 is 0 Å². The molecule has 0 saturated carbocycles. The molecule has 0 amide bonds. The first-order valence-corrected chi connectivity index (χ1v) is 6.43. The average Bonchev–Trinajstić information content (AvgIpc) is 2.31. The van der Waals surface area contributed by atoms with E-state index in [2.05, 4.69) is 49.9 Å². The molecule has 0 spiro atoms. The summed E-state index contributed by atoms with van der Waals surface area (Å²) in [5, 5.41) is 9.40. The van der Waals surface area contributed by atoms with Crippen LogP contribution in [0.25, 0.3) is 0 Å². The predicted octanol–water partition coefficient (Wildman–Crippen LogP) is 3.68. The van der Waals surface area contributed by atoms with E-state index in [-0.39, 0.29) is 6.04 Å². The van der Waals surface area contributed by atoms with Gasteiger partial charge in [0.1, 0.15) is 6.04 Å². The van der Waals surface area contributed by atoms with Crippen molar-refractivity contribution in [1.29, 1.82) is 5.26 Å². The molecule has 1 atom stereocenters. The highest BCUT2D eigenvalue weighted by Crippen LogP contribution is 2.21. The van der Waals surface area contributed by atoms with Crippen molar-refractivity contribution >= 4 is 0 Å². The second kappa shape index (κ2) is 7.09. The Morgan fingerprint density at radius 2 is 1.88 bits per heavy atom. The summed E-state index contributed by atoms with van der Waals surface area (Å²) < 4.78 is 0. The maximum Gasteiger partial charge on any atom is 0.123 e. The van der Waals surface area contributed by atoms with Gasteiger partial charge in [0.15, 0.2) is 0 Å². The molecule has 92 valence electrons. The molecule has 0 heterocycles. The third kappa shape index (κ3) is 3.87. The zero-order valence-corrected chi connectivity index (χ0v) is 11.1. The normalized spacial score (nSPS) is 12.4. The Morgan fingerprint density at radius 3 is 2.35 bits per heavy atom. The number of nitrogens with zero attached hydrogens (tertiary/aromatic N) is 2. The molecule has 0 aliphatic carbocycles. The fourth-order valence-electron chi connectivity index (χ4n) is 2.15. The molecule has 0 aromatic heterocycles. The lowest BCUT2D eigenvalue weighted by atomic mass is 10.0. The molecule has 1 unspecified atom stereocenters. The van der Waals surface area contributed by atoms with Gasteiger partial charge in [-0.15, -0.1) is 0 Å². The lowest BCUT2D eigenvalue weighted by Gasteiger charge is -2.26. The van der Waals surface area contributed by atoms with E-state index < -0.39 is 0 Å². The summed E-state index contributed by atoms with van der Waals surface area (Å²) in [5.41, 5.74) is 2.34. The molecule has 1 rings (SSSR count). The minimum atomic E-state index is -0.102. The van der Waals surface area contributed by atoms with E-state index in [0.29, 0.717) is 0 Å². The van der Waals surface area contributed by atoms with Gasteiger partial charge in [-0.05, 0) is 38.4 Å². The second-order valence-electron chi connectivity index (χ2n) is 4.48. The average molecular weight is 230 g/mol. The van der Waals surface area contributed by atoms with Gasteiger partial charge < -0.3 is 0 Å². The topological polar surface area (TPSA) is 27.0 Å². The molecule has 0 radical (unpaired) electrons. The number of hydrogen-bond donors (Lipinski definition) is 0. The maximum atomic E-state index is 9.40. The van der Waals surface area contributed by atoms with Crippen LogP contribution in [-0.2, 0) is 0 Å². The van der Waals surface area contributed by atoms with Crippen molar-refractivity contribution in [3.8, 4) is 6.07 Å². The van der Waals surface area contributed by atoms with Crippen LogP contribution in [-0.4, -0.2) is 18.0 Å². The fraction of sp³-hybridized carbons (Fsp3) is 0.533. The highest BCUT2D eigenvalue weighted by molar-refractivity contribution is 5.28. The highest BCUT2D eigenvalue weighted by Gasteiger charge is 2.18. The molecule has 0 saturated heterocycles. The lowest BCUT2D eigenvalue weighted by Crippen LogP contribution is -2.29. The van der Waals surface area contributed by atoms with Crippen LogP contribution >= 0.6 is 0 Å². The number of benzene rings is 1. The molecular formula is C15H22N2. The number of aryl methyl sites for hydroxylation is 1. The molecule has 1 aromatic carbocycles. The molecule has 2 nitrogen and oxygen atoms in total. The van der Waals surface area contributed by atoms with Crippen LogP contribution in [0, 0.1) is 18.3 Å².